The van der Waals surface area contributed by atoms with Gasteiger partial charge in [-0.15, -0.1) is 0 Å². The first-order valence-electron chi connectivity index (χ1n) is 23.7. The number of hydrogen-bond acceptors (Lipinski definition) is 2. The Morgan fingerprint density at radius 3 is 1.37 bits per heavy atom. The van der Waals surface area contributed by atoms with Crippen molar-refractivity contribution < 1.29 is 0 Å². The summed E-state index contributed by atoms with van der Waals surface area (Å²) in [5.74, 6) is 0. The second-order valence-corrected chi connectivity index (χ2v) is 18.9. The second-order valence-electron chi connectivity index (χ2n) is 18.9. The molecule has 11 aromatic carbocycles. The van der Waals surface area contributed by atoms with E-state index in [1.807, 2.05) is 0 Å². The summed E-state index contributed by atoms with van der Waals surface area (Å²) in [6.07, 6.45) is 0. The maximum absolute atomic E-state index is 2.46. The number of anilines is 6. The van der Waals surface area contributed by atoms with E-state index in [0.29, 0.717) is 0 Å². The Bertz CT molecular complexity index is 3590. The van der Waals surface area contributed by atoms with Crippen LogP contribution in [0.15, 0.2) is 255 Å². The van der Waals surface area contributed by atoms with E-state index >= 15 is 0 Å². The van der Waals surface area contributed by atoms with Crippen molar-refractivity contribution in [1.82, 2.24) is 0 Å². The van der Waals surface area contributed by atoms with Gasteiger partial charge in [-0.1, -0.05) is 202 Å². The quantitative estimate of drug-likeness (QED) is 0.157. The number of fused-ring (bicyclic) bond motifs is 7. The molecule has 1 aliphatic heterocycles. The molecule has 0 unspecified atom stereocenters. The highest BCUT2D eigenvalue weighted by Gasteiger charge is 2.46. The summed E-state index contributed by atoms with van der Waals surface area (Å²) in [6, 6.07) is 94.4. The zero-order valence-corrected chi connectivity index (χ0v) is 38.1. The van der Waals surface area contributed by atoms with Crippen molar-refractivity contribution in [1.29, 1.82) is 0 Å². The Morgan fingerprint density at radius 1 is 0.324 bits per heavy atom. The van der Waals surface area contributed by atoms with Crippen LogP contribution in [0.1, 0.15) is 47.2 Å². The van der Waals surface area contributed by atoms with Crippen molar-refractivity contribution >= 4 is 55.7 Å². The molecule has 2 heteroatoms. The highest BCUT2D eigenvalue weighted by Crippen LogP contribution is 2.57. The molecule has 11 aromatic rings. The summed E-state index contributed by atoms with van der Waals surface area (Å²) >= 11 is 0. The van der Waals surface area contributed by atoms with Crippen LogP contribution in [-0.4, -0.2) is 0 Å². The molecule has 1 heterocycles. The lowest BCUT2D eigenvalue weighted by Crippen LogP contribution is -2.31. The number of benzene rings is 11. The van der Waals surface area contributed by atoms with Crippen LogP contribution in [0.2, 0.25) is 0 Å². The van der Waals surface area contributed by atoms with E-state index in [0.717, 1.165) is 22.7 Å². The summed E-state index contributed by atoms with van der Waals surface area (Å²) in [5.41, 5.74) is 18.9. The predicted molar refractivity (Wildman–Crippen MR) is 286 cm³/mol. The van der Waals surface area contributed by atoms with Crippen molar-refractivity contribution in [3.8, 4) is 22.3 Å². The minimum absolute atomic E-state index is 0.352. The number of rotatable bonds is 7. The molecule has 0 aromatic heterocycles. The molecule has 2 nitrogen and oxygen atoms in total. The molecule has 1 aliphatic carbocycles. The SMILES string of the molecule is CC1(C)c2cc(-c3ccc(C4(c5ccccc5)c5ccccc5-c5ccccc54)cc3)ccc2N(c2ccccc2)c2ccc(N(c3ccc4ccccc4c3)c3ccc4ccccc4c3)cc21. The Kier molecular flexibility index (Phi) is 9.13. The maximum atomic E-state index is 2.46. The summed E-state index contributed by atoms with van der Waals surface area (Å²) in [6.45, 7) is 4.80. The van der Waals surface area contributed by atoms with Gasteiger partial charge in [-0.3, -0.25) is 0 Å². The Balaban J connectivity index is 0.955. The highest BCUT2D eigenvalue weighted by molar-refractivity contribution is 5.95. The third kappa shape index (κ3) is 6.11. The lowest BCUT2D eigenvalue weighted by Gasteiger charge is -2.43. The lowest BCUT2D eigenvalue weighted by atomic mass is 9.67. The van der Waals surface area contributed by atoms with Crippen LogP contribution in [0.3, 0.4) is 0 Å². The molecule has 0 bridgehead atoms. The fourth-order valence-electron chi connectivity index (χ4n) is 11.6. The van der Waals surface area contributed by atoms with Crippen molar-refractivity contribution in [3.05, 3.63) is 288 Å². The fourth-order valence-corrected chi connectivity index (χ4v) is 11.6. The van der Waals surface area contributed by atoms with E-state index in [4.69, 9.17) is 0 Å². The summed E-state index contributed by atoms with van der Waals surface area (Å²) in [7, 11) is 0. The molecule has 0 atom stereocenters. The Labute approximate surface area is 398 Å². The minimum atomic E-state index is -0.435. The smallest absolute Gasteiger partial charge is 0.0713 e. The van der Waals surface area contributed by atoms with Gasteiger partial charge in [0.15, 0.2) is 0 Å². The van der Waals surface area contributed by atoms with Gasteiger partial charge in [-0.05, 0) is 144 Å². The number of nitrogens with zero attached hydrogens (tertiary/aromatic N) is 2. The average Bonchev–Trinajstić information content (AvgIpc) is 3.70. The van der Waals surface area contributed by atoms with Crippen LogP contribution in [0, 0.1) is 0 Å². The zero-order chi connectivity index (χ0) is 45.4. The molecule has 0 spiro atoms. The first kappa shape index (κ1) is 39.9. The van der Waals surface area contributed by atoms with Crippen LogP contribution < -0.4 is 9.80 Å². The molecule has 0 fully saturated rings. The van der Waals surface area contributed by atoms with Crippen molar-refractivity contribution in [2.45, 2.75) is 24.7 Å². The maximum Gasteiger partial charge on any atom is 0.0713 e. The Morgan fingerprint density at radius 2 is 0.765 bits per heavy atom. The topological polar surface area (TPSA) is 6.48 Å². The number of para-hydroxylation sites is 1. The summed E-state index contributed by atoms with van der Waals surface area (Å²) in [4.78, 5) is 4.89. The zero-order valence-electron chi connectivity index (χ0n) is 38.1. The van der Waals surface area contributed by atoms with E-state index < -0.39 is 5.41 Å². The monoisotopic (exact) mass is 868 g/mol. The van der Waals surface area contributed by atoms with Gasteiger partial charge in [0.05, 0.1) is 16.8 Å². The van der Waals surface area contributed by atoms with E-state index in [2.05, 4.69) is 278 Å². The van der Waals surface area contributed by atoms with Gasteiger partial charge < -0.3 is 9.80 Å². The molecule has 322 valence electrons. The third-order valence-electron chi connectivity index (χ3n) is 14.9. The van der Waals surface area contributed by atoms with Gasteiger partial charge in [0, 0.05) is 28.2 Å². The molecule has 2 aliphatic rings. The first-order valence-corrected chi connectivity index (χ1v) is 23.7. The molecule has 0 N–H and O–H groups in total. The normalized spacial score (nSPS) is 13.9. The molecular weight excluding hydrogens is 821 g/mol. The van der Waals surface area contributed by atoms with Gasteiger partial charge in [-0.25, -0.2) is 0 Å². The lowest BCUT2D eigenvalue weighted by molar-refractivity contribution is 0.632. The van der Waals surface area contributed by atoms with Crippen molar-refractivity contribution in [3.63, 3.8) is 0 Å². The number of hydrogen-bond donors (Lipinski definition) is 0. The average molecular weight is 869 g/mol. The van der Waals surface area contributed by atoms with Crippen molar-refractivity contribution in [2.75, 3.05) is 9.80 Å². The molecule has 0 saturated carbocycles. The summed E-state index contributed by atoms with van der Waals surface area (Å²) in [5, 5.41) is 4.89. The second kappa shape index (κ2) is 15.6. The third-order valence-corrected chi connectivity index (χ3v) is 14.9. The molecule has 13 rings (SSSR count). The highest BCUT2D eigenvalue weighted by atomic mass is 15.2. The molecule has 0 amide bonds. The van der Waals surface area contributed by atoms with Crippen LogP contribution >= 0.6 is 0 Å². The first-order chi connectivity index (χ1) is 33.5. The van der Waals surface area contributed by atoms with Crippen LogP contribution in [0.5, 0.6) is 0 Å². The molecule has 68 heavy (non-hydrogen) atoms. The van der Waals surface area contributed by atoms with Gasteiger partial charge in [0.2, 0.25) is 0 Å². The predicted octanol–water partition coefficient (Wildman–Crippen LogP) is 17.6. The van der Waals surface area contributed by atoms with Crippen LogP contribution in [0.4, 0.5) is 34.1 Å². The molecular formula is C66H48N2. The van der Waals surface area contributed by atoms with E-state index in [9.17, 15) is 0 Å². The molecule has 0 radical (unpaired) electrons. The fraction of sp³-hybridized carbons (Fsp3) is 0.0606. The molecule has 0 saturated heterocycles. The summed E-state index contributed by atoms with van der Waals surface area (Å²) < 4.78 is 0. The van der Waals surface area contributed by atoms with E-state index in [-0.39, 0.29) is 5.41 Å². The Hall–Kier alpha value is -8.46. The van der Waals surface area contributed by atoms with E-state index in [1.54, 1.807) is 0 Å². The van der Waals surface area contributed by atoms with Crippen LogP contribution in [-0.2, 0) is 10.8 Å². The van der Waals surface area contributed by atoms with E-state index in [1.165, 1.54) is 88.6 Å². The van der Waals surface area contributed by atoms with Crippen molar-refractivity contribution in [2.24, 2.45) is 0 Å². The largest absolute Gasteiger partial charge is 0.310 e. The standard InChI is InChI=1S/C66H48N2/c1-65(2)61-43-50(47-29-34-52(35-30-47)66(51-21-5-3-6-22-51)59-27-15-13-25-57(59)58-26-14-16-28-60(58)66)33-39-63(61)68(53-23-7-4-8-24-53)64-40-38-56(44-62(64)65)67(54-36-31-45-17-9-11-19-48(45)41-54)55-37-32-46-18-10-12-20-49(46)42-55/h3-44H,1-2H3. The van der Waals surface area contributed by atoms with Crippen LogP contribution in [0.25, 0.3) is 43.8 Å². The van der Waals surface area contributed by atoms with Gasteiger partial charge >= 0.3 is 0 Å². The minimum Gasteiger partial charge on any atom is -0.310 e. The van der Waals surface area contributed by atoms with Gasteiger partial charge in [-0.2, -0.15) is 0 Å². The van der Waals surface area contributed by atoms with Gasteiger partial charge in [0.1, 0.15) is 0 Å². The van der Waals surface area contributed by atoms with Gasteiger partial charge in [0.25, 0.3) is 0 Å².